The van der Waals surface area contributed by atoms with E-state index in [0.717, 1.165) is 109 Å². The Balaban J connectivity index is 2.75. The van der Waals surface area contributed by atoms with Gasteiger partial charge in [-0.25, -0.2) is 4.79 Å². The van der Waals surface area contributed by atoms with E-state index in [2.05, 4.69) is 112 Å². The Kier molecular flexibility index (Phi) is 45.8. The molecule has 0 bridgehead atoms. The van der Waals surface area contributed by atoms with Crippen molar-refractivity contribution in [2.45, 2.75) is 250 Å². The highest BCUT2D eigenvalue weighted by atomic mass is 16.7. The molecule has 0 amide bonds. The number of aliphatic hydroxyl groups is 2. The number of ether oxygens (including phenoxy) is 5. The first-order chi connectivity index (χ1) is 36.6. The predicted octanol–water partition coefficient (Wildman–Crippen LogP) is 14.7. The van der Waals surface area contributed by atoms with Crippen molar-refractivity contribution in [3.63, 3.8) is 0 Å². The van der Waals surface area contributed by atoms with Crippen LogP contribution < -0.4 is 0 Å². The standard InChI is InChI=1S/C63H100O12/c1-4-7-10-13-16-19-22-25-27-28-30-32-34-37-40-43-46-49-55(64)71-52-54(73-56(65)50-47-44-41-38-36-33-29-26-23-20-17-14-11-8-5-2)53-72-63-61(59(68)58(67)60(75-63)62(69)70)74-57(66)51-48-45-42-39-35-31-24-21-18-15-12-9-6-3/h8-9,11-12,16-21,25-27,29,31,35,42,45,54,58-61,63,67-68H,4-7,10,13-15,22-24,28,30,32-34,36-41,43-44,46-53H2,1-3H3,(H,69,70)/b11-8-,12-9-,19-16-,20-17-,21-18-,27-25-,29-26-,35-31-,45-42-. The topological polar surface area (TPSA) is 175 Å². The number of allylic oxidation sites excluding steroid dienone is 18. The van der Waals surface area contributed by atoms with E-state index in [-0.39, 0.29) is 25.9 Å². The van der Waals surface area contributed by atoms with Crippen molar-refractivity contribution in [2.24, 2.45) is 0 Å². The zero-order valence-corrected chi connectivity index (χ0v) is 46.5. The van der Waals surface area contributed by atoms with Gasteiger partial charge in [-0.1, -0.05) is 194 Å². The van der Waals surface area contributed by atoms with Crippen LogP contribution in [0.25, 0.3) is 0 Å². The summed E-state index contributed by atoms with van der Waals surface area (Å²) in [6.07, 6.45) is 55.0. The number of carboxylic acids is 1. The van der Waals surface area contributed by atoms with E-state index in [9.17, 15) is 34.5 Å². The molecule has 3 N–H and O–H groups in total. The summed E-state index contributed by atoms with van der Waals surface area (Å²) >= 11 is 0. The maximum atomic E-state index is 13.1. The third-order valence-corrected chi connectivity index (χ3v) is 12.3. The van der Waals surface area contributed by atoms with E-state index in [1.165, 1.54) is 38.5 Å². The monoisotopic (exact) mass is 1050 g/mol. The third-order valence-electron chi connectivity index (χ3n) is 12.3. The molecule has 0 radical (unpaired) electrons. The van der Waals surface area contributed by atoms with E-state index in [0.29, 0.717) is 25.7 Å². The largest absolute Gasteiger partial charge is 0.479 e. The van der Waals surface area contributed by atoms with Crippen LogP contribution in [0.4, 0.5) is 0 Å². The second-order valence-corrected chi connectivity index (χ2v) is 19.2. The normalized spacial score (nSPS) is 19.0. The smallest absolute Gasteiger partial charge is 0.335 e. The van der Waals surface area contributed by atoms with Crippen molar-refractivity contribution < 1.29 is 58.2 Å². The first-order valence-electron chi connectivity index (χ1n) is 28.9. The third kappa shape index (κ3) is 40.3. The molecule has 0 aromatic heterocycles. The summed E-state index contributed by atoms with van der Waals surface area (Å²) in [7, 11) is 0. The molecule has 6 unspecified atom stereocenters. The number of aliphatic carboxylic acids is 1. The van der Waals surface area contributed by atoms with E-state index < -0.39 is 67.3 Å². The molecule has 0 aromatic carbocycles. The minimum absolute atomic E-state index is 0.0686. The molecule has 0 aromatic rings. The quantitative estimate of drug-likeness (QED) is 0.0228. The van der Waals surface area contributed by atoms with Crippen LogP contribution in [-0.2, 0) is 42.9 Å². The number of aliphatic hydroxyl groups excluding tert-OH is 2. The van der Waals surface area contributed by atoms with Gasteiger partial charge in [0.25, 0.3) is 0 Å². The molecule has 6 atom stereocenters. The minimum atomic E-state index is -1.93. The number of carbonyl (C=O) groups is 4. The average molecular weight is 1050 g/mol. The van der Waals surface area contributed by atoms with Crippen LogP contribution in [-0.4, -0.2) is 89.2 Å². The Labute approximate surface area is 453 Å². The lowest BCUT2D eigenvalue weighted by atomic mass is 9.98. The first kappa shape index (κ1) is 68.4. The lowest BCUT2D eigenvalue weighted by Gasteiger charge is -2.40. The Bertz CT molecular complexity index is 1720. The summed E-state index contributed by atoms with van der Waals surface area (Å²) < 4.78 is 28.3. The molecular formula is C63H100O12. The maximum absolute atomic E-state index is 13.1. The van der Waals surface area contributed by atoms with Crippen LogP contribution in [0.5, 0.6) is 0 Å². The predicted molar refractivity (Wildman–Crippen MR) is 303 cm³/mol. The second kappa shape index (κ2) is 50.2. The SMILES string of the molecule is CC/C=C\C/C=C\C/C=C\C/C=C\CCC(=O)OC1C(OCC(COC(=O)CCCCCCCCC/C=C\C/C=C\CCCCC)OC(=O)CCCCCCC/C=C\C/C=C\C/C=C\CC)OC(C(=O)O)C(O)C1O. The molecule has 0 saturated carbocycles. The van der Waals surface area contributed by atoms with E-state index >= 15 is 0 Å². The molecule has 1 aliphatic rings. The highest BCUT2D eigenvalue weighted by Crippen LogP contribution is 2.26. The molecule has 1 rings (SSSR count). The number of hydrogen-bond donors (Lipinski definition) is 3. The Morgan fingerprint density at radius 1 is 0.453 bits per heavy atom. The molecule has 1 aliphatic heterocycles. The van der Waals surface area contributed by atoms with Gasteiger partial charge in [0.05, 0.1) is 6.61 Å². The van der Waals surface area contributed by atoms with Crippen molar-refractivity contribution in [1.82, 2.24) is 0 Å². The van der Waals surface area contributed by atoms with Gasteiger partial charge in [-0.15, -0.1) is 0 Å². The molecule has 0 spiro atoms. The lowest BCUT2D eigenvalue weighted by Crippen LogP contribution is -2.61. The fourth-order valence-electron chi connectivity index (χ4n) is 7.95. The fourth-order valence-corrected chi connectivity index (χ4v) is 7.95. The van der Waals surface area contributed by atoms with E-state index in [4.69, 9.17) is 23.7 Å². The second-order valence-electron chi connectivity index (χ2n) is 19.2. The Morgan fingerprint density at radius 3 is 1.33 bits per heavy atom. The summed E-state index contributed by atoms with van der Waals surface area (Å²) in [5, 5.41) is 31.4. The Hall–Kier alpha value is -4.62. The van der Waals surface area contributed by atoms with Crippen LogP contribution >= 0.6 is 0 Å². The average Bonchev–Trinajstić information content (AvgIpc) is 3.39. The van der Waals surface area contributed by atoms with E-state index in [1.807, 2.05) is 18.2 Å². The number of carbonyl (C=O) groups excluding carboxylic acids is 3. The molecule has 12 nitrogen and oxygen atoms in total. The van der Waals surface area contributed by atoms with Crippen LogP contribution in [0.2, 0.25) is 0 Å². The lowest BCUT2D eigenvalue weighted by molar-refractivity contribution is -0.301. The van der Waals surface area contributed by atoms with Crippen LogP contribution in [0.15, 0.2) is 109 Å². The van der Waals surface area contributed by atoms with Gasteiger partial charge in [0.15, 0.2) is 24.6 Å². The molecule has 1 heterocycles. The van der Waals surface area contributed by atoms with Crippen molar-refractivity contribution in [3.8, 4) is 0 Å². The maximum Gasteiger partial charge on any atom is 0.335 e. The first-order valence-corrected chi connectivity index (χ1v) is 28.9. The summed E-state index contributed by atoms with van der Waals surface area (Å²) in [6.45, 7) is 5.67. The van der Waals surface area contributed by atoms with Crippen molar-refractivity contribution >= 4 is 23.9 Å². The number of esters is 3. The molecule has 1 saturated heterocycles. The van der Waals surface area contributed by atoms with Gasteiger partial charge in [0.1, 0.15) is 18.8 Å². The fraction of sp³-hybridized carbons (Fsp3) is 0.651. The van der Waals surface area contributed by atoms with Gasteiger partial charge < -0.3 is 39.0 Å². The summed E-state index contributed by atoms with van der Waals surface area (Å²) in [5.74, 6) is -3.27. The molecule has 75 heavy (non-hydrogen) atoms. The van der Waals surface area contributed by atoms with Gasteiger partial charge >= 0.3 is 23.9 Å². The zero-order valence-electron chi connectivity index (χ0n) is 46.5. The Morgan fingerprint density at radius 2 is 0.867 bits per heavy atom. The number of rotatable bonds is 47. The molecule has 12 heteroatoms. The van der Waals surface area contributed by atoms with E-state index in [1.54, 1.807) is 0 Å². The summed E-state index contributed by atoms with van der Waals surface area (Å²) in [4.78, 5) is 51.0. The molecular weight excluding hydrogens is 949 g/mol. The highest BCUT2D eigenvalue weighted by molar-refractivity contribution is 5.74. The summed E-state index contributed by atoms with van der Waals surface area (Å²) in [6, 6.07) is 0. The van der Waals surface area contributed by atoms with Crippen LogP contribution in [0.3, 0.4) is 0 Å². The molecule has 0 aliphatic carbocycles. The van der Waals surface area contributed by atoms with Crippen molar-refractivity contribution in [1.29, 1.82) is 0 Å². The molecule has 1 fully saturated rings. The van der Waals surface area contributed by atoms with Crippen molar-refractivity contribution in [3.05, 3.63) is 109 Å². The van der Waals surface area contributed by atoms with Crippen LogP contribution in [0, 0.1) is 0 Å². The van der Waals surface area contributed by atoms with Gasteiger partial charge in [-0.2, -0.15) is 0 Å². The number of unbranched alkanes of at least 4 members (excludes halogenated alkanes) is 15. The van der Waals surface area contributed by atoms with Gasteiger partial charge in [0.2, 0.25) is 0 Å². The number of carboxylic acid groups (broad SMARTS) is 1. The van der Waals surface area contributed by atoms with Crippen molar-refractivity contribution in [2.75, 3.05) is 13.2 Å². The van der Waals surface area contributed by atoms with Gasteiger partial charge in [0, 0.05) is 19.3 Å². The summed E-state index contributed by atoms with van der Waals surface area (Å²) in [5.41, 5.74) is 0. The zero-order chi connectivity index (χ0) is 54.7. The molecule has 424 valence electrons. The minimum Gasteiger partial charge on any atom is -0.479 e. The van der Waals surface area contributed by atoms with Gasteiger partial charge in [-0.3, -0.25) is 14.4 Å². The number of hydrogen-bond acceptors (Lipinski definition) is 11. The highest BCUT2D eigenvalue weighted by Gasteiger charge is 2.50. The van der Waals surface area contributed by atoms with Gasteiger partial charge in [-0.05, 0) is 109 Å². The van der Waals surface area contributed by atoms with Crippen LogP contribution in [0.1, 0.15) is 213 Å².